The van der Waals surface area contributed by atoms with E-state index in [2.05, 4.69) is 5.32 Å². The summed E-state index contributed by atoms with van der Waals surface area (Å²) in [6.07, 6.45) is -0.0135. The van der Waals surface area contributed by atoms with Crippen LogP contribution in [0.2, 0.25) is 5.02 Å². The molecule has 0 aromatic heterocycles. The number of amides is 2. The standard InChI is InChI=1S/C17H13ClFN3O4/c18-12-3-1-2-4-14(12)21-9-10(7-16(21)23)17(24)20-11-5-6-13(19)15(8-11)22(25)26/h1-6,8,10H,7,9H2,(H,20,24). The molecule has 1 aliphatic heterocycles. The predicted octanol–water partition coefficient (Wildman–Crippen LogP) is 3.38. The number of benzene rings is 2. The Hall–Kier alpha value is -3.00. The Bertz CT molecular complexity index is 905. The SMILES string of the molecule is O=C(Nc1ccc(F)c([N+](=O)[O-])c1)C1CC(=O)N(c2ccccc2Cl)C1. The summed E-state index contributed by atoms with van der Waals surface area (Å²) in [5.74, 6) is -2.37. The molecule has 1 heterocycles. The second kappa shape index (κ2) is 7.09. The van der Waals surface area contributed by atoms with Crippen LogP contribution >= 0.6 is 11.6 Å². The van der Waals surface area contributed by atoms with Gasteiger partial charge in [0.05, 0.1) is 21.6 Å². The molecule has 1 N–H and O–H groups in total. The van der Waals surface area contributed by atoms with Crippen LogP contribution in [0.15, 0.2) is 42.5 Å². The summed E-state index contributed by atoms with van der Waals surface area (Å²) < 4.78 is 13.4. The van der Waals surface area contributed by atoms with Gasteiger partial charge >= 0.3 is 5.69 Å². The minimum absolute atomic E-state index is 0.0135. The van der Waals surface area contributed by atoms with Crippen LogP contribution in [0.4, 0.5) is 21.5 Å². The average Bonchev–Trinajstić information content (AvgIpc) is 2.98. The first-order valence-electron chi connectivity index (χ1n) is 7.66. The number of nitrogens with zero attached hydrogens (tertiary/aromatic N) is 2. The van der Waals surface area contributed by atoms with Gasteiger partial charge < -0.3 is 10.2 Å². The molecule has 26 heavy (non-hydrogen) atoms. The summed E-state index contributed by atoms with van der Waals surface area (Å²) in [6, 6.07) is 9.87. The number of nitro benzene ring substituents is 1. The van der Waals surface area contributed by atoms with Gasteiger partial charge in [-0.2, -0.15) is 4.39 Å². The first-order chi connectivity index (χ1) is 12.4. The molecule has 134 valence electrons. The van der Waals surface area contributed by atoms with Crippen molar-refractivity contribution in [1.29, 1.82) is 0 Å². The fourth-order valence-electron chi connectivity index (χ4n) is 2.76. The van der Waals surface area contributed by atoms with Crippen molar-refractivity contribution in [2.45, 2.75) is 6.42 Å². The number of carbonyl (C=O) groups is 2. The molecule has 1 fully saturated rings. The lowest BCUT2D eigenvalue weighted by atomic mass is 10.1. The third-order valence-corrected chi connectivity index (χ3v) is 4.37. The summed E-state index contributed by atoms with van der Waals surface area (Å²) in [4.78, 5) is 36.0. The fourth-order valence-corrected chi connectivity index (χ4v) is 3.00. The van der Waals surface area contributed by atoms with E-state index in [0.717, 1.165) is 12.1 Å². The molecular formula is C17H13ClFN3O4. The number of hydrogen-bond donors (Lipinski definition) is 1. The van der Waals surface area contributed by atoms with Crippen molar-refractivity contribution in [1.82, 2.24) is 0 Å². The van der Waals surface area contributed by atoms with E-state index in [-0.39, 0.29) is 24.6 Å². The van der Waals surface area contributed by atoms with E-state index in [4.69, 9.17) is 11.6 Å². The maximum atomic E-state index is 13.4. The molecule has 1 aliphatic rings. The maximum Gasteiger partial charge on any atom is 0.306 e. The molecule has 7 nitrogen and oxygen atoms in total. The summed E-state index contributed by atoms with van der Waals surface area (Å²) in [6.45, 7) is 0.137. The molecular weight excluding hydrogens is 365 g/mol. The van der Waals surface area contributed by atoms with Crippen LogP contribution in [0.25, 0.3) is 0 Å². The molecule has 1 unspecified atom stereocenters. The first kappa shape index (κ1) is 17.8. The van der Waals surface area contributed by atoms with Crippen LogP contribution in [0.3, 0.4) is 0 Å². The van der Waals surface area contributed by atoms with Gasteiger partial charge in [-0.25, -0.2) is 0 Å². The molecule has 1 saturated heterocycles. The molecule has 0 aliphatic carbocycles. The lowest BCUT2D eigenvalue weighted by Gasteiger charge is -2.18. The van der Waals surface area contributed by atoms with Gasteiger partial charge in [-0.05, 0) is 24.3 Å². The van der Waals surface area contributed by atoms with E-state index in [1.807, 2.05) is 0 Å². The summed E-state index contributed by atoms with van der Waals surface area (Å²) in [5, 5.41) is 13.7. The zero-order chi connectivity index (χ0) is 18.8. The second-order valence-corrected chi connectivity index (χ2v) is 6.18. The largest absolute Gasteiger partial charge is 0.326 e. The van der Waals surface area contributed by atoms with Gasteiger partial charge in [-0.15, -0.1) is 0 Å². The Morgan fingerprint density at radius 1 is 1.31 bits per heavy atom. The zero-order valence-corrected chi connectivity index (χ0v) is 14.1. The van der Waals surface area contributed by atoms with Crippen LogP contribution in [-0.2, 0) is 9.59 Å². The molecule has 9 heteroatoms. The van der Waals surface area contributed by atoms with Crippen molar-refractivity contribution in [3.63, 3.8) is 0 Å². The van der Waals surface area contributed by atoms with Crippen molar-refractivity contribution >= 4 is 40.5 Å². The highest BCUT2D eigenvalue weighted by molar-refractivity contribution is 6.33. The first-order valence-corrected chi connectivity index (χ1v) is 8.04. The molecule has 2 aromatic carbocycles. The summed E-state index contributed by atoms with van der Waals surface area (Å²) in [5.41, 5.74) is -0.123. The van der Waals surface area contributed by atoms with E-state index in [9.17, 15) is 24.1 Å². The zero-order valence-electron chi connectivity index (χ0n) is 13.3. The van der Waals surface area contributed by atoms with Crippen LogP contribution in [0.1, 0.15) is 6.42 Å². The van der Waals surface area contributed by atoms with Gasteiger partial charge in [0.15, 0.2) is 0 Å². The molecule has 2 amide bonds. The van der Waals surface area contributed by atoms with Crippen LogP contribution < -0.4 is 10.2 Å². The van der Waals surface area contributed by atoms with Crippen molar-refractivity contribution in [2.24, 2.45) is 5.92 Å². The van der Waals surface area contributed by atoms with E-state index in [1.165, 1.54) is 11.0 Å². The highest BCUT2D eigenvalue weighted by Crippen LogP contribution is 2.31. The lowest BCUT2D eigenvalue weighted by Crippen LogP contribution is -2.28. The number of rotatable bonds is 4. The van der Waals surface area contributed by atoms with Gasteiger partial charge in [-0.1, -0.05) is 23.7 Å². The van der Waals surface area contributed by atoms with Crippen molar-refractivity contribution in [3.05, 3.63) is 63.4 Å². The molecule has 0 radical (unpaired) electrons. The monoisotopic (exact) mass is 377 g/mol. The van der Waals surface area contributed by atoms with Crippen molar-refractivity contribution in [2.75, 3.05) is 16.8 Å². The van der Waals surface area contributed by atoms with Crippen LogP contribution in [0.5, 0.6) is 0 Å². The topological polar surface area (TPSA) is 92.5 Å². The Balaban J connectivity index is 1.74. The van der Waals surface area contributed by atoms with E-state index in [1.54, 1.807) is 24.3 Å². The quantitative estimate of drug-likeness (QED) is 0.653. The number of nitrogens with one attached hydrogen (secondary N) is 1. The summed E-state index contributed by atoms with van der Waals surface area (Å²) in [7, 11) is 0. The molecule has 1 atom stereocenters. The number of anilines is 2. The third kappa shape index (κ3) is 3.50. The van der Waals surface area contributed by atoms with Gasteiger partial charge in [0.1, 0.15) is 0 Å². The molecule has 0 spiro atoms. The highest BCUT2D eigenvalue weighted by atomic mass is 35.5. The summed E-state index contributed by atoms with van der Waals surface area (Å²) >= 11 is 6.09. The van der Waals surface area contributed by atoms with Gasteiger partial charge in [-0.3, -0.25) is 19.7 Å². The smallest absolute Gasteiger partial charge is 0.306 e. The Kier molecular flexibility index (Phi) is 4.85. The van der Waals surface area contributed by atoms with E-state index < -0.39 is 28.3 Å². The number of halogens is 2. The van der Waals surface area contributed by atoms with Crippen molar-refractivity contribution in [3.8, 4) is 0 Å². The lowest BCUT2D eigenvalue weighted by molar-refractivity contribution is -0.387. The highest BCUT2D eigenvalue weighted by Gasteiger charge is 2.36. The number of hydrogen-bond acceptors (Lipinski definition) is 4. The number of carbonyl (C=O) groups excluding carboxylic acids is 2. The van der Waals surface area contributed by atoms with Crippen LogP contribution in [0, 0.1) is 21.8 Å². The Labute approximate surface area is 152 Å². The second-order valence-electron chi connectivity index (χ2n) is 5.77. The third-order valence-electron chi connectivity index (χ3n) is 4.05. The fraction of sp³-hybridized carbons (Fsp3) is 0.176. The molecule has 0 saturated carbocycles. The van der Waals surface area contributed by atoms with Crippen LogP contribution in [-0.4, -0.2) is 23.3 Å². The number of para-hydroxylation sites is 1. The minimum Gasteiger partial charge on any atom is -0.326 e. The molecule has 0 bridgehead atoms. The van der Waals surface area contributed by atoms with E-state index >= 15 is 0 Å². The maximum absolute atomic E-state index is 13.4. The Morgan fingerprint density at radius 3 is 2.73 bits per heavy atom. The predicted molar refractivity (Wildman–Crippen MR) is 93.6 cm³/mol. The Morgan fingerprint density at radius 2 is 2.04 bits per heavy atom. The van der Waals surface area contributed by atoms with Gasteiger partial charge in [0, 0.05) is 24.7 Å². The molecule has 3 rings (SSSR count). The van der Waals surface area contributed by atoms with Gasteiger partial charge in [0.25, 0.3) is 0 Å². The molecule has 2 aromatic rings. The van der Waals surface area contributed by atoms with Gasteiger partial charge in [0.2, 0.25) is 17.6 Å². The normalized spacial score (nSPS) is 16.6. The van der Waals surface area contributed by atoms with E-state index in [0.29, 0.717) is 10.7 Å². The minimum atomic E-state index is -0.992. The number of nitro groups is 1. The average molecular weight is 378 g/mol. The van der Waals surface area contributed by atoms with Crippen molar-refractivity contribution < 1.29 is 18.9 Å².